The van der Waals surface area contributed by atoms with Crippen LogP contribution < -0.4 is 4.74 Å². The van der Waals surface area contributed by atoms with Crippen molar-refractivity contribution in [1.29, 1.82) is 0 Å². The number of piperazine rings is 1. The lowest BCUT2D eigenvalue weighted by molar-refractivity contribution is 0.0693. The first kappa shape index (κ1) is 20.0. The molecule has 2 heterocycles. The predicted octanol–water partition coefficient (Wildman–Crippen LogP) is 2.24. The summed E-state index contributed by atoms with van der Waals surface area (Å²) in [6, 6.07) is 12.6. The number of pyridine rings is 1. The maximum absolute atomic E-state index is 12.8. The molecular formula is C20H23N3O4S. The van der Waals surface area contributed by atoms with Crippen LogP contribution in [-0.4, -0.2) is 61.3 Å². The number of benzene rings is 1. The Hall–Kier alpha value is -2.71. The molecule has 0 saturated carbocycles. The Kier molecular flexibility index (Phi) is 6.43. The second-order valence-electron chi connectivity index (χ2n) is 6.24. The van der Waals surface area contributed by atoms with E-state index in [-0.39, 0.29) is 19.0 Å². The fourth-order valence-electron chi connectivity index (χ4n) is 2.94. The Morgan fingerprint density at radius 3 is 2.50 bits per heavy atom. The highest BCUT2D eigenvalue weighted by molar-refractivity contribution is 7.92. The number of amides is 1. The monoisotopic (exact) mass is 401 g/mol. The van der Waals surface area contributed by atoms with Crippen LogP contribution in [0.1, 0.15) is 22.8 Å². The van der Waals surface area contributed by atoms with Crippen molar-refractivity contribution in [2.45, 2.75) is 6.92 Å². The Balaban J connectivity index is 1.64. The van der Waals surface area contributed by atoms with E-state index >= 15 is 0 Å². The summed E-state index contributed by atoms with van der Waals surface area (Å²) < 4.78 is 31.9. The molecule has 0 N–H and O–H groups in total. The molecule has 1 aromatic heterocycles. The first-order valence-electron chi connectivity index (χ1n) is 9.11. The van der Waals surface area contributed by atoms with Crippen LogP contribution in [0.4, 0.5) is 0 Å². The first-order chi connectivity index (χ1) is 13.5. The number of ether oxygens (including phenoxy) is 1. The van der Waals surface area contributed by atoms with Gasteiger partial charge in [-0.25, -0.2) is 13.4 Å². The van der Waals surface area contributed by atoms with E-state index in [1.807, 2.05) is 37.3 Å². The largest absolute Gasteiger partial charge is 0.477 e. The van der Waals surface area contributed by atoms with Crippen molar-refractivity contribution < 1.29 is 17.9 Å². The SMILES string of the molecule is CCOc1ncccc1C(=O)N1CCN(S(=O)(=O)C=Cc2ccccc2)CC1. The lowest BCUT2D eigenvalue weighted by Crippen LogP contribution is -2.50. The highest BCUT2D eigenvalue weighted by Gasteiger charge is 2.29. The Morgan fingerprint density at radius 1 is 1.11 bits per heavy atom. The number of nitrogens with zero attached hydrogens (tertiary/aromatic N) is 3. The molecule has 8 heteroatoms. The van der Waals surface area contributed by atoms with Gasteiger partial charge in [0.15, 0.2) is 0 Å². The van der Waals surface area contributed by atoms with E-state index in [4.69, 9.17) is 4.74 Å². The molecule has 1 aliphatic rings. The van der Waals surface area contributed by atoms with Crippen molar-refractivity contribution in [3.8, 4) is 5.88 Å². The molecule has 1 fully saturated rings. The zero-order valence-electron chi connectivity index (χ0n) is 15.7. The van der Waals surface area contributed by atoms with Crippen molar-refractivity contribution in [2.24, 2.45) is 0 Å². The van der Waals surface area contributed by atoms with Gasteiger partial charge in [-0.2, -0.15) is 4.31 Å². The molecule has 148 valence electrons. The molecule has 1 aliphatic heterocycles. The predicted molar refractivity (Wildman–Crippen MR) is 107 cm³/mol. The summed E-state index contributed by atoms with van der Waals surface area (Å²) in [6.45, 7) is 3.37. The standard InChI is InChI=1S/C20H23N3O4S/c1-2-27-19-18(9-6-11-21-19)20(24)22-12-14-23(15-13-22)28(25,26)16-10-17-7-4-3-5-8-17/h3-11,16H,2,12-15H2,1H3. The van der Waals surface area contributed by atoms with Gasteiger partial charge in [0, 0.05) is 37.8 Å². The van der Waals surface area contributed by atoms with Crippen molar-refractivity contribution in [3.05, 3.63) is 65.2 Å². The van der Waals surface area contributed by atoms with Gasteiger partial charge in [0.2, 0.25) is 15.9 Å². The fourth-order valence-corrected chi connectivity index (χ4v) is 4.11. The molecule has 0 radical (unpaired) electrons. The second kappa shape index (κ2) is 8.99. The second-order valence-corrected chi connectivity index (χ2v) is 8.06. The van der Waals surface area contributed by atoms with E-state index in [2.05, 4.69) is 4.98 Å². The van der Waals surface area contributed by atoms with Crippen molar-refractivity contribution >= 4 is 22.0 Å². The third kappa shape index (κ3) is 4.76. The quantitative estimate of drug-likeness (QED) is 0.742. The summed E-state index contributed by atoms with van der Waals surface area (Å²) in [4.78, 5) is 18.5. The summed E-state index contributed by atoms with van der Waals surface area (Å²) in [5, 5.41) is 1.22. The van der Waals surface area contributed by atoms with Gasteiger partial charge in [-0.15, -0.1) is 0 Å². The average molecular weight is 401 g/mol. The minimum atomic E-state index is -3.53. The Morgan fingerprint density at radius 2 is 1.82 bits per heavy atom. The van der Waals surface area contributed by atoms with Gasteiger partial charge in [-0.3, -0.25) is 4.79 Å². The Bertz CT molecular complexity index is 937. The van der Waals surface area contributed by atoms with E-state index in [1.165, 1.54) is 9.71 Å². The number of sulfonamides is 1. The van der Waals surface area contributed by atoms with Crippen molar-refractivity contribution in [3.63, 3.8) is 0 Å². The fraction of sp³-hybridized carbons (Fsp3) is 0.300. The molecule has 0 bridgehead atoms. The molecule has 0 atom stereocenters. The van der Waals surface area contributed by atoms with E-state index < -0.39 is 10.0 Å². The maximum Gasteiger partial charge on any atom is 0.259 e. The molecule has 7 nitrogen and oxygen atoms in total. The lowest BCUT2D eigenvalue weighted by Gasteiger charge is -2.33. The average Bonchev–Trinajstić information content (AvgIpc) is 2.73. The summed E-state index contributed by atoms with van der Waals surface area (Å²) in [5.41, 5.74) is 1.21. The normalized spacial score (nSPS) is 15.7. The van der Waals surface area contributed by atoms with Gasteiger partial charge in [-0.1, -0.05) is 30.3 Å². The van der Waals surface area contributed by atoms with Crippen LogP contribution in [0, 0.1) is 0 Å². The zero-order chi connectivity index (χ0) is 20.0. The molecule has 1 amide bonds. The van der Waals surface area contributed by atoms with Crippen LogP contribution in [0.15, 0.2) is 54.1 Å². The van der Waals surface area contributed by atoms with Crippen LogP contribution in [0.25, 0.3) is 6.08 Å². The number of carbonyl (C=O) groups excluding carboxylic acids is 1. The molecule has 2 aromatic rings. The van der Waals surface area contributed by atoms with E-state index in [1.54, 1.807) is 29.3 Å². The number of aromatic nitrogens is 1. The van der Waals surface area contributed by atoms with Gasteiger partial charge < -0.3 is 9.64 Å². The molecule has 1 saturated heterocycles. The van der Waals surface area contributed by atoms with Crippen LogP contribution in [0.2, 0.25) is 0 Å². The molecule has 0 aliphatic carbocycles. The molecule has 0 unspecified atom stereocenters. The topological polar surface area (TPSA) is 79.8 Å². The summed E-state index contributed by atoms with van der Waals surface area (Å²) in [7, 11) is -3.53. The lowest BCUT2D eigenvalue weighted by atomic mass is 10.2. The number of hydrogen-bond acceptors (Lipinski definition) is 5. The summed E-state index contributed by atoms with van der Waals surface area (Å²) in [6.07, 6.45) is 3.15. The van der Waals surface area contributed by atoms with Gasteiger partial charge in [0.05, 0.1) is 6.61 Å². The molecule has 1 aromatic carbocycles. The van der Waals surface area contributed by atoms with Crippen LogP contribution in [-0.2, 0) is 10.0 Å². The van der Waals surface area contributed by atoms with E-state index in [0.717, 1.165) is 5.56 Å². The highest BCUT2D eigenvalue weighted by Crippen LogP contribution is 2.19. The van der Waals surface area contributed by atoms with Crippen LogP contribution >= 0.6 is 0 Å². The molecule has 28 heavy (non-hydrogen) atoms. The third-order valence-corrected chi connectivity index (χ3v) is 5.97. The maximum atomic E-state index is 12.8. The number of rotatable bonds is 6. The zero-order valence-corrected chi connectivity index (χ0v) is 16.5. The van der Waals surface area contributed by atoms with Gasteiger partial charge >= 0.3 is 0 Å². The van der Waals surface area contributed by atoms with Gasteiger partial charge in [0.1, 0.15) is 5.56 Å². The molecule has 3 rings (SSSR count). The first-order valence-corrected chi connectivity index (χ1v) is 10.6. The van der Waals surface area contributed by atoms with Gasteiger partial charge in [0.25, 0.3) is 5.91 Å². The minimum Gasteiger partial charge on any atom is -0.477 e. The number of carbonyl (C=O) groups is 1. The van der Waals surface area contributed by atoms with Crippen LogP contribution in [0.3, 0.4) is 0 Å². The smallest absolute Gasteiger partial charge is 0.259 e. The molecular weight excluding hydrogens is 378 g/mol. The minimum absolute atomic E-state index is 0.201. The van der Waals surface area contributed by atoms with Crippen molar-refractivity contribution in [2.75, 3.05) is 32.8 Å². The third-order valence-electron chi connectivity index (χ3n) is 4.40. The van der Waals surface area contributed by atoms with Crippen molar-refractivity contribution in [1.82, 2.24) is 14.2 Å². The summed E-state index contributed by atoms with van der Waals surface area (Å²) >= 11 is 0. The van der Waals surface area contributed by atoms with E-state index in [0.29, 0.717) is 31.1 Å². The summed E-state index contributed by atoms with van der Waals surface area (Å²) in [5.74, 6) is 0.101. The van der Waals surface area contributed by atoms with Crippen LogP contribution in [0.5, 0.6) is 5.88 Å². The Labute approximate surface area is 165 Å². The van der Waals surface area contributed by atoms with Gasteiger partial charge in [-0.05, 0) is 30.7 Å². The van der Waals surface area contributed by atoms with E-state index in [9.17, 15) is 13.2 Å². The highest BCUT2D eigenvalue weighted by atomic mass is 32.2. The number of hydrogen-bond donors (Lipinski definition) is 0. The molecule has 0 spiro atoms.